The first kappa shape index (κ1) is 17.3. The molecule has 0 spiro atoms. The zero-order chi connectivity index (χ0) is 19.0. The van der Waals surface area contributed by atoms with Gasteiger partial charge in [-0.05, 0) is 42.5 Å². The van der Waals surface area contributed by atoms with Gasteiger partial charge in [-0.15, -0.1) is 0 Å². The quantitative estimate of drug-likeness (QED) is 0.410. The summed E-state index contributed by atoms with van der Waals surface area (Å²) in [4.78, 5) is 7.26. The van der Waals surface area contributed by atoms with Crippen LogP contribution in [0.4, 0.5) is 4.39 Å². The van der Waals surface area contributed by atoms with Crippen LogP contribution in [-0.2, 0) is 0 Å². The molecule has 132 valence electrons. The van der Waals surface area contributed by atoms with E-state index in [-0.39, 0.29) is 11.4 Å². The molecule has 0 aliphatic carbocycles. The number of furan rings is 1. The maximum atomic E-state index is 13.3. The molecule has 0 radical (unpaired) electrons. The van der Waals surface area contributed by atoms with Crippen LogP contribution in [0.15, 0.2) is 52.9 Å². The number of hydrogen-bond donors (Lipinski definition) is 1. The number of H-pyrrole nitrogens is 1. The number of rotatable bonds is 3. The normalized spacial score (nSPS) is 11.7. The lowest BCUT2D eigenvalue weighted by Gasteiger charge is -2.02. The van der Waals surface area contributed by atoms with Gasteiger partial charge in [0.05, 0.1) is 26.7 Å². The van der Waals surface area contributed by atoms with Crippen LogP contribution in [0.25, 0.3) is 34.0 Å². The molecule has 0 saturated heterocycles. The number of imidazole rings is 1. The van der Waals surface area contributed by atoms with Gasteiger partial charge >= 0.3 is 0 Å². The number of aromatic amines is 1. The van der Waals surface area contributed by atoms with Gasteiger partial charge in [0, 0.05) is 11.6 Å². The Balaban J connectivity index is 1.72. The summed E-state index contributed by atoms with van der Waals surface area (Å²) in [6.45, 7) is 0. The minimum Gasteiger partial charge on any atom is -0.457 e. The predicted molar refractivity (Wildman–Crippen MR) is 104 cm³/mol. The zero-order valence-corrected chi connectivity index (χ0v) is 15.1. The molecule has 27 heavy (non-hydrogen) atoms. The van der Waals surface area contributed by atoms with Crippen molar-refractivity contribution in [2.24, 2.45) is 0 Å². The summed E-state index contributed by atoms with van der Waals surface area (Å²) in [5.74, 6) is 0.924. The molecule has 0 unspecified atom stereocenters. The minimum atomic E-state index is -0.380. The van der Waals surface area contributed by atoms with Crippen LogP contribution in [0, 0.1) is 17.1 Å². The summed E-state index contributed by atoms with van der Waals surface area (Å²) in [6, 6.07) is 15.0. The van der Waals surface area contributed by atoms with E-state index in [9.17, 15) is 9.65 Å². The van der Waals surface area contributed by atoms with Crippen molar-refractivity contribution >= 4 is 45.9 Å². The molecule has 0 fully saturated rings. The molecule has 1 N–H and O–H groups in total. The van der Waals surface area contributed by atoms with E-state index in [0.717, 1.165) is 0 Å². The molecule has 4 aromatic rings. The van der Waals surface area contributed by atoms with E-state index >= 15 is 0 Å². The van der Waals surface area contributed by atoms with E-state index in [2.05, 4.69) is 16.0 Å². The van der Waals surface area contributed by atoms with Crippen molar-refractivity contribution < 1.29 is 8.81 Å². The van der Waals surface area contributed by atoms with Gasteiger partial charge < -0.3 is 9.40 Å². The molecule has 4 rings (SSSR count). The van der Waals surface area contributed by atoms with E-state index in [1.54, 1.807) is 42.5 Å². The van der Waals surface area contributed by atoms with Crippen molar-refractivity contribution in [3.8, 4) is 17.4 Å². The number of halogens is 3. The van der Waals surface area contributed by atoms with Crippen molar-refractivity contribution in [3.63, 3.8) is 0 Å². The number of allylic oxidation sites excluding steroid dienone is 1. The minimum absolute atomic E-state index is 0.254. The molecule has 2 aromatic carbocycles. The number of hydrogen-bond acceptors (Lipinski definition) is 3. The lowest BCUT2D eigenvalue weighted by Crippen LogP contribution is -1.84. The lowest BCUT2D eigenvalue weighted by atomic mass is 10.2. The number of fused-ring (bicyclic) bond motifs is 1. The monoisotopic (exact) mass is 397 g/mol. The first-order valence-electron chi connectivity index (χ1n) is 7.87. The summed E-state index contributed by atoms with van der Waals surface area (Å²) < 4.78 is 19.1. The Morgan fingerprint density at radius 3 is 2.85 bits per heavy atom. The van der Waals surface area contributed by atoms with E-state index in [4.69, 9.17) is 27.6 Å². The first-order valence-corrected chi connectivity index (χ1v) is 8.62. The smallest absolute Gasteiger partial charge is 0.149 e. The Labute approximate surface area is 163 Å². The maximum Gasteiger partial charge on any atom is 0.149 e. The van der Waals surface area contributed by atoms with Crippen LogP contribution in [-0.4, -0.2) is 9.97 Å². The van der Waals surface area contributed by atoms with Gasteiger partial charge in [-0.25, -0.2) is 9.37 Å². The van der Waals surface area contributed by atoms with E-state index in [0.29, 0.717) is 44.0 Å². The average Bonchev–Trinajstić information content (AvgIpc) is 3.28. The molecule has 4 nitrogen and oxygen atoms in total. The van der Waals surface area contributed by atoms with Crippen molar-refractivity contribution in [1.29, 1.82) is 5.26 Å². The average molecular weight is 398 g/mol. The molecular weight excluding hydrogens is 388 g/mol. The maximum absolute atomic E-state index is 13.3. The highest BCUT2D eigenvalue weighted by Gasteiger charge is 2.13. The van der Waals surface area contributed by atoms with Crippen LogP contribution in [0.3, 0.4) is 0 Å². The highest BCUT2D eigenvalue weighted by Crippen LogP contribution is 2.34. The third-order valence-electron chi connectivity index (χ3n) is 3.95. The first-order chi connectivity index (χ1) is 13.0. The van der Waals surface area contributed by atoms with Gasteiger partial charge in [0.25, 0.3) is 0 Å². The third-order valence-corrected chi connectivity index (χ3v) is 4.77. The number of nitriles is 1. The van der Waals surface area contributed by atoms with Crippen molar-refractivity contribution in [3.05, 3.63) is 76.0 Å². The summed E-state index contributed by atoms with van der Waals surface area (Å²) in [7, 11) is 0. The molecule has 0 aliphatic heterocycles. The fraction of sp³-hybridized carbons (Fsp3) is 0. The highest BCUT2D eigenvalue weighted by molar-refractivity contribution is 6.43. The Morgan fingerprint density at radius 1 is 1.19 bits per heavy atom. The van der Waals surface area contributed by atoms with Crippen molar-refractivity contribution in [2.45, 2.75) is 0 Å². The fourth-order valence-electron chi connectivity index (χ4n) is 2.67. The largest absolute Gasteiger partial charge is 0.457 e. The number of nitrogens with one attached hydrogen (secondary N) is 1. The Morgan fingerprint density at radius 2 is 2.04 bits per heavy atom. The lowest BCUT2D eigenvalue weighted by molar-refractivity contribution is 0.572. The summed E-state index contributed by atoms with van der Waals surface area (Å²) in [5.41, 5.74) is 1.99. The second-order valence-electron chi connectivity index (χ2n) is 5.72. The van der Waals surface area contributed by atoms with Gasteiger partial charge in [-0.3, -0.25) is 0 Å². The molecule has 2 heterocycles. The molecule has 7 heteroatoms. The molecule has 0 saturated carbocycles. The van der Waals surface area contributed by atoms with Crippen LogP contribution in [0.2, 0.25) is 10.0 Å². The number of aromatic nitrogens is 2. The van der Waals surface area contributed by atoms with Crippen LogP contribution in [0.1, 0.15) is 11.6 Å². The van der Waals surface area contributed by atoms with Gasteiger partial charge in [0.15, 0.2) is 0 Å². The van der Waals surface area contributed by atoms with E-state index in [1.165, 1.54) is 12.1 Å². The zero-order valence-electron chi connectivity index (χ0n) is 13.6. The van der Waals surface area contributed by atoms with Gasteiger partial charge in [0.2, 0.25) is 0 Å². The predicted octanol–water partition coefficient (Wildman–Crippen LogP) is 6.33. The van der Waals surface area contributed by atoms with Crippen molar-refractivity contribution in [1.82, 2.24) is 9.97 Å². The van der Waals surface area contributed by atoms with Gasteiger partial charge in [-0.2, -0.15) is 5.26 Å². The summed E-state index contributed by atoms with van der Waals surface area (Å²) in [5, 5.41) is 10.3. The Hall–Kier alpha value is -3.07. The molecule has 2 aromatic heterocycles. The van der Waals surface area contributed by atoms with Crippen LogP contribution in [0.5, 0.6) is 0 Å². The third kappa shape index (κ3) is 3.33. The van der Waals surface area contributed by atoms with Gasteiger partial charge in [0.1, 0.15) is 29.2 Å². The molecule has 0 bridgehead atoms. The Bertz CT molecular complexity index is 1230. The second kappa shape index (κ2) is 6.92. The SMILES string of the molecule is N#C/C(=C\c1ccc(-c2cccc(Cl)c2Cl)o1)c1nc2ccc(F)cc2[nH]1. The number of benzene rings is 2. The highest BCUT2D eigenvalue weighted by atomic mass is 35.5. The fourth-order valence-corrected chi connectivity index (χ4v) is 3.07. The molecular formula is C20H10Cl2FN3O. The van der Waals surface area contributed by atoms with Crippen LogP contribution >= 0.6 is 23.2 Å². The molecule has 0 aliphatic rings. The summed E-state index contributed by atoms with van der Waals surface area (Å²) >= 11 is 12.3. The van der Waals surface area contributed by atoms with Gasteiger partial charge in [-0.1, -0.05) is 29.3 Å². The second-order valence-corrected chi connectivity index (χ2v) is 6.51. The van der Waals surface area contributed by atoms with E-state index in [1.807, 2.05) is 0 Å². The summed E-state index contributed by atoms with van der Waals surface area (Å²) in [6.07, 6.45) is 1.55. The van der Waals surface area contributed by atoms with Crippen molar-refractivity contribution in [2.75, 3.05) is 0 Å². The Kier molecular flexibility index (Phi) is 4.44. The number of nitrogens with zero attached hydrogens (tertiary/aromatic N) is 2. The standard InChI is InChI=1S/C20H10Cl2FN3O/c21-15-3-1-2-14(19(15)22)18-7-5-13(27-18)8-11(10-24)20-25-16-6-4-12(23)9-17(16)26-20/h1-9H,(H,25,26)/b11-8+. The molecule has 0 atom stereocenters. The topological polar surface area (TPSA) is 65.6 Å². The molecule has 0 amide bonds. The van der Waals surface area contributed by atoms with E-state index < -0.39 is 0 Å². The van der Waals surface area contributed by atoms with Crippen LogP contribution < -0.4 is 0 Å².